The van der Waals surface area contributed by atoms with Crippen LogP contribution in [0, 0.1) is 11.8 Å². The predicted molar refractivity (Wildman–Crippen MR) is 56.5 cm³/mol. The maximum Gasteiger partial charge on any atom is 0.328 e. The van der Waals surface area contributed by atoms with Crippen LogP contribution in [-0.4, -0.2) is 12.6 Å². The fourth-order valence-corrected chi connectivity index (χ4v) is 2.06. The molecule has 0 aromatic heterocycles. The Morgan fingerprint density at radius 1 is 1.36 bits per heavy atom. The van der Waals surface area contributed by atoms with Gasteiger partial charge in [-0.05, 0) is 18.3 Å². The number of carbonyl (C=O) groups is 1. The van der Waals surface area contributed by atoms with E-state index in [0.29, 0.717) is 0 Å². The third-order valence-corrected chi connectivity index (χ3v) is 3.10. The van der Waals surface area contributed by atoms with Crippen LogP contribution in [0.3, 0.4) is 0 Å². The molecule has 0 aromatic rings. The van der Waals surface area contributed by atoms with Crippen molar-refractivity contribution in [3.63, 3.8) is 0 Å². The standard InChI is InChI=1S/C10H21N3O/c1-8-2-4-9(5-3-8)6-7-12-10(14)13-11/h8-9H,2-7,11H2,1H3,(H2,12,13,14). The Kier molecular flexibility index (Phi) is 4.73. The van der Waals surface area contributed by atoms with Gasteiger partial charge in [-0.2, -0.15) is 0 Å². The highest BCUT2D eigenvalue weighted by Gasteiger charge is 2.17. The first kappa shape index (κ1) is 11.3. The van der Waals surface area contributed by atoms with Gasteiger partial charge < -0.3 is 5.32 Å². The van der Waals surface area contributed by atoms with E-state index in [4.69, 9.17) is 5.84 Å². The average Bonchev–Trinajstić information content (AvgIpc) is 2.21. The summed E-state index contributed by atoms with van der Waals surface area (Å²) in [7, 11) is 0. The van der Waals surface area contributed by atoms with E-state index in [2.05, 4.69) is 17.7 Å². The molecular weight excluding hydrogens is 178 g/mol. The van der Waals surface area contributed by atoms with Gasteiger partial charge in [0, 0.05) is 6.54 Å². The zero-order valence-electron chi connectivity index (χ0n) is 8.88. The van der Waals surface area contributed by atoms with Crippen molar-refractivity contribution in [1.29, 1.82) is 0 Å². The molecule has 4 nitrogen and oxygen atoms in total. The Balaban J connectivity index is 2.04. The van der Waals surface area contributed by atoms with Gasteiger partial charge in [0.05, 0.1) is 0 Å². The van der Waals surface area contributed by atoms with Crippen molar-refractivity contribution < 1.29 is 4.79 Å². The number of nitrogens with one attached hydrogen (secondary N) is 2. The van der Waals surface area contributed by atoms with E-state index in [1.807, 2.05) is 0 Å². The first-order chi connectivity index (χ1) is 6.72. The molecule has 0 heterocycles. The van der Waals surface area contributed by atoms with Crippen molar-refractivity contribution in [3.05, 3.63) is 0 Å². The van der Waals surface area contributed by atoms with E-state index >= 15 is 0 Å². The summed E-state index contributed by atoms with van der Waals surface area (Å²) >= 11 is 0. The monoisotopic (exact) mass is 199 g/mol. The lowest BCUT2D eigenvalue weighted by atomic mass is 9.81. The van der Waals surface area contributed by atoms with Gasteiger partial charge in [0.15, 0.2) is 0 Å². The van der Waals surface area contributed by atoms with Crippen LogP contribution in [0.5, 0.6) is 0 Å². The Hall–Kier alpha value is -0.770. The highest BCUT2D eigenvalue weighted by Crippen LogP contribution is 2.29. The van der Waals surface area contributed by atoms with E-state index in [0.717, 1.165) is 24.8 Å². The van der Waals surface area contributed by atoms with Crippen LogP contribution in [0.1, 0.15) is 39.0 Å². The summed E-state index contributed by atoms with van der Waals surface area (Å²) in [6.45, 7) is 3.05. The third-order valence-electron chi connectivity index (χ3n) is 3.10. The number of urea groups is 1. The van der Waals surface area contributed by atoms with Crippen molar-refractivity contribution in [2.24, 2.45) is 17.7 Å². The lowest BCUT2D eigenvalue weighted by Crippen LogP contribution is -2.40. The van der Waals surface area contributed by atoms with Gasteiger partial charge in [-0.15, -0.1) is 0 Å². The van der Waals surface area contributed by atoms with Gasteiger partial charge >= 0.3 is 6.03 Å². The first-order valence-electron chi connectivity index (χ1n) is 5.46. The van der Waals surface area contributed by atoms with Gasteiger partial charge in [-0.3, -0.25) is 5.43 Å². The topological polar surface area (TPSA) is 67.2 Å². The van der Waals surface area contributed by atoms with Gasteiger partial charge in [-0.25, -0.2) is 10.6 Å². The first-order valence-corrected chi connectivity index (χ1v) is 5.46. The molecule has 0 atom stereocenters. The van der Waals surface area contributed by atoms with E-state index in [1.165, 1.54) is 25.7 Å². The molecule has 82 valence electrons. The second-order valence-corrected chi connectivity index (χ2v) is 4.31. The van der Waals surface area contributed by atoms with Crippen LogP contribution >= 0.6 is 0 Å². The minimum absolute atomic E-state index is 0.283. The average molecular weight is 199 g/mol. The third kappa shape index (κ3) is 3.96. The highest BCUT2D eigenvalue weighted by atomic mass is 16.2. The molecule has 0 aromatic carbocycles. The molecule has 0 saturated heterocycles. The second-order valence-electron chi connectivity index (χ2n) is 4.31. The lowest BCUT2D eigenvalue weighted by Gasteiger charge is -2.25. The van der Waals surface area contributed by atoms with Gasteiger partial charge in [0.2, 0.25) is 0 Å². The molecule has 1 saturated carbocycles. The number of hydrogen-bond acceptors (Lipinski definition) is 2. The number of hydrazine groups is 1. The normalized spacial score (nSPS) is 27.0. The predicted octanol–water partition coefficient (Wildman–Crippen LogP) is 1.38. The largest absolute Gasteiger partial charge is 0.337 e. The molecule has 1 aliphatic rings. The van der Waals surface area contributed by atoms with Crippen molar-refractivity contribution in [2.45, 2.75) is 39.0 Å². The summed E-state index contributed by atoms with van der Waals surface area (Å²) in [5, 5.41) is 2.72. The van der Waals surface area contributed by atoms with Crippen molar-refractivity contribution in [3.8, 4) is 0 Å². The molecule has 1 fully saturated rings. The Bertz CT molecular complexity index is 176. The fraction of sp³-hybridized carbons (Fsp3) is 0.900. The number of carbonyl (C=O) groups excluding carboxylic acids is 1. The minimum Gasteiger partial charge on any atom is -0.337 e. The maximum atomic E-state index is 10.8. The van der Waals surface area contributed by atoms with Crippen LogP contribution < -0.4 is 16.6 Å². The summed E-state index contributed by atoms with van der Waals surface area (Å²) < 4.78 is 0. The lowest BCUT2D eigenvalue weighted by molar-refractivity contribution is 0.237. The van der Waals surface area contributed by atoms with E-state index in [1.54, 1.807) is 0 Å². The Morgan fingerprint density at radius 3 is 2.57 bits per heavy atom. The zero-order valence-corrected chi connectivity index (χ0v) is 8.88. The summed E-state index contributed by atoms with van der Waals surface area (Å²) in [6, 6.07) is -0.283. The summed E-state index contributed by atoms with van der Waals surface area (Å²) in [6.07, 6.45) is 6.39. The molecule has 0 bridgehead atoms. The molecule has 1 rings (SSSR count). The van der Waals surface area contributed by atoms with Crippen LogP contribution in [0.25, 0.3) is 0 Å². The van der Waals surface area contributed by atoms with Gasteiger partial charge in [0.1, 0.15) is 0 Å². The molecule has 4 N–H and O–H groups in total. The van der Waals surface area contributed by atoms with Crippen LogP contribution in [0.2, 0.25) is 0 Å². The molecule has 14 heavy (non-hydrogen) atoms. The molecule has 2 amide bonds. The Morgan fingerprint density at radius 2 is 2.00 bits per heavy atom. The summed E-state index contributed by atoms with van der Waals surface area (Å²) in [5.74, 6) is 6.64. The number of nitrogens with two attached hydrogens (primary N) is 1. The summed E-state index contributed by atoms with van der Waals surface area (Å²) in [5.41, 5.74) is 2.06. The zero-order chi connectivity index (χ0) is 10.4. The van der Waals surface area contributed by atoms with Crippen LogP contribution in [0.15, 0.2) is 0 Å². The van der Waals surface area contributed by atoms with E-state index < -0.39 is 0 Å². The molecule has 0 radical (unpaired) electrons. The number of amides is 2. The maximum absolute atomic E-state index is 10.8. The van der Waals surface area contributed by atoms with Gasteiger partial charge in [-0.1, -0.05) is 32.6 Å². The molecule has 0 aliphatic heterocycles. The highest BCUT2D eigenvalue weighted by molar-refractivity contribution is 5.72. The van der Waals surface area contributed by atoms with E-state index in [9.17, 15) is 4.79 Å². The van der Waals surface area contributed by atoms with Crippen LogP contribution in [0.4, 0.5) is 4.79 Å². The molecule has 0 unspecified atom stereocenters. The molecule has 4 heteroatoms. The second kappa shape index (κ2) is 5.86. The van der Waals surface area contributed by atoms with E-state index in [-0.39, 0.29) is 6.03 Å². The number of rotatable bonds is 3. The quantitative estimate of drug-likeness (QED) is 0.365. The minimum atomic E-state index is -0.283. The fourth-order valence-electron chi connectivity index (χ4n) is 2.06. The van der Waals surface area contributed by atoms with Crippen molar-refractivity contribution >= 4 is 6.03 Å². The van der Waals surface area contributed by atoms with Gasteiger partial charge in [0.25, 0.3) is 0 Å². The smallest absolute Gasteiger partial charge is 0.328 e. The Labute approximate surface area is 85.6 Å². The van der Waals surface area contributed by atoms with Crippen molar-refractivity contribution in [1.82, 2.24) is 10.7 Å². The molecule has 1 aliphatic carbocycles. The SMILES string of the molecule is CC1CCC(CCNC(=O)NN)CC1. The number of hydrogen-bond donors (Lipinski definition) is 3. The van der Waals surface area contributed by atoms with Crippen LogP contribution in [-0.2, 0) is 0 Å². The molecular formula is C10H21N3O. The summed E-state index contributed by atoms with van der Waals surface area (Å²) in [4.78, 5) is 10.8. The molecule has 0 spiro atoms. The van der Waals surface area contributed by atoms with Crippen molar-refractivity contribution in [2.75, 3.05) is 6.54 Å².